The molecule has 1 fully saturated rings. The Morgan fingerprint density at radius 3 is 2.32 bits per heavy atom. The van der Waals surface area contributed by atoms with E-state index in [4.69, 9.17) is 25.6 Å². The maximum atomic E-state index is 12.6. The van der Waals surface area contributed by atoms with Gasteiger partial charge in [-0.25, -0.2) is 4.79 Å². The molecule has 0 radical (unpaired) electrons. The van der Waals surface area contributed by atoms with E-state index < -0.39 is 11.7 Å². The van der Waals surface area contributed by atoms with Crippen LogP contribution < -0.4 is 0 Å². The summed E-state index contributed by atoms with van der Waals surface area (Å²) < 4.78 is 19.2. The molecule has 5 nitrogen and oxygen atoms in total. The molecule has 3 rings (SSSR count). The van der Waals surface area contributed by atoms with Crippen molar-refractivity contribution in [2.45, 2.75) is 78.5 Å². The van der Waals surface area contributed by atoms with E-state index in [0.29, 0.717) is 11.3 Å². The van der Waals surface area contributed by atoms with Crippen molar-refractivity contribution in [3.05, 3.63) is 34.5 Å². The summed E-state index contributed by atoms with van der Waals surface area (Å²) in [5.74, 6) is 0. The Hall–Kier alpha value is -1.50. The van der Waals surface area contributed by atoms with Gasteiger partial charge in [-0.3, -0.25) is 4.57 Å². The number of halogens is 1. The number of benzene rings is 1. The number of carbonyl (C=O) groups is 1. The quantitative estimate of drug-likeness (QED) is 0.614. The normalized spacial score (nSPS) is 18.7. The van der Waals surface area contributed by atoms with Gasteiger partial charge in [0.15, 0.2) is 0 Å². The zero-order valence-electron chi connectivity index (χ0n) is 18.0. The van der Waals surface area contributed by atoms with Crippen LogP contribution in [0, 0.1) is 6.92 Å². The molecule has 0 unspecified atom stereocenters. The Labute approximate surface area is 172 Å². The number of aryl methyl sites for hydroxylation is 1. The third-order valence-electron chi connectivity index (χ3n) is 5.45. The summed E-state index contributed by atoms with van der Waals surface area (Å²) >= 11 is 6.71. The van der Waals surface area contributed by atoms with Crippen molar-refractivity contribution in [3.8, 4) is 0 Å². The van der Waals surface area contributed by atoms with E-state index in [1.165, 1.54) is 4.57 Å². The molecule has 0 spiro atoms. The van der Waals surface area contributed by atoms with Gasteiger partial charge in [0, 0.05) is 17.9 Å². The van der Waals surface area contributed by atoms with Crippen LogP contribution in [0.4, 0.5) is 4.79 Å². The molecule has 0 aliphatic carbocycles. The van der Waals surface area contributed by atoms with Gasteiger partial charge in [-0.05, 0) is 72.6 Å². The van der Waals surface area contributed by atoms with E-state index in [1.54, 1.807) is 6.20 Å². The summed E-state index contributed by atoms with van der Waals surface area (Å²) in [4.78, 5) is 12.6. The molecule has 2 aromatic rings. The van der Waals surface area contributed by atoms with Crippen LogP contribution in [0.2, 0.25) is 5.02 Å². The van der Waals surface area contributed by atoms with Crippen molar-refractivity contribution in [1.82, 2.24) is 4.57 Å². The van der Waals surface area contributed by atoms with E-state index in [9.17, 15) is 4.79 Å². The summed E-state index contributed by atoms with van der Waals surface area (Å²) in [6, 6.07) is 3.85. The van der Waals surface area contributed by atoms with E-state index >= 15 is 0 Å². The molecule has 1 aromatic carbocycles. The van der Waals surface area contributed by atoms with E-state index in [1.807, 2.05) is 67.5 Å². The van der Waals surface area contributed by atoms with Gasteiger partial charge >= 0.3 is 13.2 Å². The van der Waals surface area contributed by atoms with Crippen molar-refractivity contribution in [2.24, 2.45) is 0 Å². The molecule has 0 N–H and O–H groups in total. The molecule has 1 aromatic heterocycles. The molecule has 0 atom stereocenters. The van der Waals surface area contributed by atoms with Gasteiger partial charge in [0.05, 0.1) is 21.7 Å². The molecular formula is C21H29BClNO4. The maximum Gasteiger partial charge on any atom is 0.462 e. The van der Waals surface area contributed by atoms with Crippen molar-refractivity contribution in [3.63, 3.8) is 0 Å². The maximum absolute atomic E-state index is 12.6. The molecule has 7 heteroatoms. The third kappa shape index (κ3) is 3.82. The molecule has 0 bridgehead atoms. The van der Waals surface area contributed by atoms with Gasteiger partial charge in [0.2, 0.25) is 0 Å². The lowest BCUT2D eigenvalue weighted by Gasteiger charge is -2.32. The first-order chi connectivity index (χ1) is 12.7. The molecule has 2 heterocycles. The van der Waals surface area contributed by atoms with Gasteiger partial charge in [0.25, 0.3) is 0 Å². The van der Waals surface area contributed by atoms with Crippen molar-refractivity contribution in [1.29, 1.82) is 0 Å². The molecule has 0 amide bonds. The fourth-order valence-corrected chi connectivity index (χ4v) is 3.70. The zero-order chi connectivity index (χ0) is 21.1. The predicted molar refractivity (Wildman–Crippen MR) is 113 cm³/mol. The van der Waals surface area contributed by atoms with E-state index in [-0.39, 0.29) is 18.3 Å². The Balaban J connectivity index is 1.94. The topological polar surface area (TPSA) is 49.7 Å². The minimum Gasteiger partial charge on any atom is -0.443 e. The summed E-state index contributed by atoms with van der Waals surface area (Å²) in [6.07, 6.45) is 1.83. The first-order valence-electron chi connectivity index (χ1n) is 9.60. The molecule has 152 valence electrons. The Morgan fingerprint density at radius 2 is 1.79 bits per heavy atom. The summed E-state index contributed by atoms with van der Waals surface area (Å²) in [7, 11) is -0.368. The Kier molecular flexibility index (Phi) is 5.14. The minimum atomic E-state index is -0.567. The number of fused-ring (bicyclic) bond motifs is 1. The van der Waals surface area contributed by atoms with Crippen LogP contribution >= 0.6 is 11.6 Å². The number of nitrogens with zero attached hydrogens (tertiary/aromatic N) is 1. The zero-order valence-corrected chi connectivity index (χ0v) is 18.7. The highest BCUT2D eigenvalue weighted by Gasteiger charge is 2.51. The number of carbonyl (C=O) groups excluding carboxylic acids is 1. The number of hydrogen-bond acceptors (Lipinski definition) is 4. The average Bonchev–Trinajstić information content (AvgIpc) is 3.02. The van der Waals surface area contributed by atoms with Crippen LogP contribution in [0.5, 0.6) is 0 Å². The first-order valence-corrected chi connectivity index (χ1v) is 9.98. The SMILES string of the molecule is Cc1cc(CB2OC(C)(C)C(C)(C)O2)c(Cl)c2ccn(C(=O)OC(C)(C)C)c12. The molecule has 1 aliphatic rings. The van der Waals surface area contributed by atoms with Gasteiger partial charge in [-0.1, -0.05) is 17.7 Å². The smallest absolute Gasteiger partial charge is 0.443 e. The molecule has 1 saturated heterocycles. The molecule has 0 saturated carbocycles. The fourth-order valence-electron chi connectivity index (χ4n) is 3.42. The number of hydrogen-bond donors (Lipinski definition) is 0. The van der Waals surface area contributed by atoms with Gasteiger partial charge in [-0.2, -0.15) is 0 Å². The second-order valence-corrected chi connectivity index (χ2v) is 9.86. The van der Waals surface area contributed by atoms with Crippen LogP contribution in [-0.4, -0.2) is 34.6 Å². The predicted octanol–water partition coefficient (Wildman–Crippen LogP) is 5.56. The highest BCUT2D eigenvalue weighted by atomic mass is 35.5. The monoisotopic (exact) mass is 405 g/mol. The van der Waals surface area contributed by atoms with Crippen LogP contribution in [0.25, 0.3) is 10.9 Å². The first kappa shape index (κ1) is 21.2. The van der Waals surface area contributed by atoms with Crippen LogP contribution in [-0.2, 0) is 20.4 Å². The van der Waals surface area contributed by atoms with E-state index in [2.05, 4.69) is 0 Å². The average molecular weight is 406 g/mol. The molecule has 1 aliphatic heterocycles. The standard InChI is InChI=1S/C21H29BClNO4/c1-13-11-14(12-22-27-20(5,6)21(7,8)28-22)16(23)15-9-10-24(17(13)15)18(25)26-19(2,3)4/h9-11H,12H2,1-8H3. The Morgan fingerprint density at radius 1 is 1.21 bits per heavy atom. The van der Waals surface area contributed by atoms with Gasteiger partial charge in [0.1, 0.15) is 5.60 Å². The van der Waals surface area contributed by atoms with E-state index in [0.717, 1.165) is 22.0 Å². The highest BCUT2D eigenvalue weighted by Crippen LogP contribution is 2.39. The largest absolute Gasteiger partial charge is 0.462 e. The van der Waals surface area contributed by atoms with Gasteiger partial charge < -0.3 is 14.0 Å². The lowest BCUT2D eigenvalue weighted by Crippen LogP contribution is -2.41. The summed E-state index contributed by atoms with van der Waals surface area (Å²) in [6.45, 7) is 15.6. The number of ether oxygens (including phenoxy) is 1. The Bertz CT molecular complexity index is 911. The second kappa shape index (κ2) is 6.79. The summed E-state index contributed by atoms with van der Waals surface area (Å²) in [5.41, 5.74) is 1.31. The molecular weight excluding hydrogens is 376 g/mol. The van der Waals surface area contributed by atoms with Crippen molar-refractivity contribution >= 4 is 35.7 Å². The number of aromatic nitrogens is 1. The lowest BCUT2D eigenvalue weighted by molar-refractivity contribution is 0.00578. The molecule has 28 heavy (non-hydrogen) atoms. The second-order valence-electron chi connectivity index (χ2n) is 9.48. The lowest BCUT2D eigenvalue weighted by atomic mass is 9.80. The van der Waals surface area contributed by atoms with Crippen LogP contribution in [0.1, 0.15) is 59.6 Å². The van der Waals surface area contributed by atoms with Crippen LogP contribution in [0.15, 0.2) is 18.3 Å². The van der Waals surface area contributed by atoms with Crippen LogP contribution in [0.3, 0.4) is 0 Å². The minimum absolute atomic E-state index is 0.368. The fraction of sp³-hybridized carbons (Fsp3) is 0.571. The summed E-state index contributed by atoms with van der Waals surface area (Å²) in [5, 5.41) is 1.43. The highest BCUT2D eigenvalue weighted by molar-refractivity contribution is 6.46. The third-order valence-corrected chi connectivity index (χ3v) is 5.89. The van der Waals surface area contributed by atoms with Crippen molar-refractivity contribution < 1.29 is 18.8 Å². The van der Waals surface area contributed by atoms with Gasteiger partial charge in [-0.15, -0.1) is 0 Å². The van der Waals surface area contributed by atoms with Crippen molar-refractivity contribution in [2.75, 3.05) is 0 Å². The number of rotatable bonds is 2.